The number of nitrogens with zero attached hydrogens (tertiary/aromatic N) is 1. The summed E-state index contributed by atoms with van der Waals surface area (Å²) in [6.07, 6.45) is 4.46. The number of carbonyl (C=O) groups excluding carboxylic acids is 2. The molecule has 6 heteroatoms. The third-order valence-corrected chi connectivity index (χ3v) is 6.59. The van der Waals surface area contributed by atoms with Gasteiger partial charge in [0.1, 0.15) is 17.6 Å². The van der Waals surface area contributed by atoms with Gasteiger partial charge in [-0.1, -0.05) is 67.4 Å². The number of aryl methyl sites for hydroxylation is 1. The van der Waals surface area contributed by atoms with E-state index in [1.54, 1.807) is 23.1 Å². The molecule has 1 aliphatic carbocycles. The van der Waals surface area contributed by atoms with Crippen molar-refractivity contribution < 1.29 is 18.7 Å². The molecular weight excluding hydrogens is 455 g/mol. The molecule has 0 aromatic heterocycles. The highest BCUT2D eigenvalue weighted by Gasteiger charge is 2.32. The number of halogens is 1. The van der Waals surface area contributed by atoms with Gasteiger partial charge in [0.15, 0.2) is 6.61 Å². The molecule has 1 fully saturated rings. The fraction of sp³-hybridized carbons (Fsp3) is 0.333. The van der Waals surface area contributed by atoms with Gasteiger partial charge >= 0.3 is 0 Å². The summed E-state index contributed by atoms with van der Waals surface area (Å²) >= 11 is 0. The third kappa shape index (κ3) is 7.17. The average molecular weight is 489 g/mol. The molecule has 0 bridgehead atoms. The van der Waals surface area contributed by atoms with Crippen LogP contribution in [0.1, 0.15) is 42.4 Å². The second kappa shape index (κ2) is 12.3. The van der Waals surface area contributed by atoms with Crippen molar-refractivity contribution >= 4 is 11.8 Å². The Balaban J connectivity index is 1.60. The van der Waals surface area contributed by atoms with Crippen molar-refractivity contribution in [2.24, 2.45) is 0 Å². The molecule has 1 atom stereocenters. The van der Waals surface area contributed by atoms with Crippen LogP contribution in [0.4, 0.5) is 4.39 Å². The van der Waals surface area contributed by atoms with Gasteiger partial charge in [-0.15, -0.1) is 0 Å². The quantitative estimate of drug-likeness (QED) is 0.426. The summed E-state index contributed by atoms with van der Waals surface area (Å²) in [5, 5.41) is 3.18. The molecule has 2 amide bonds. The number of hydrogen-bond donors (Lipinski definition) is 1. The van der Waals surface area contributed by atoms with Crippen LogP contribution >= 0.6 is 0 Å². The zero-order valence-corrected chi connectivity index (χ0v) is 20.7. The van der Waals surface area contributed by atoms with Crippen molar-refractivity contribution in [3.8, 4) is 5.75 Å². The molecule has 36 heavy (non-hydrogen) atoms. The molecule has 0 radical (unpaired) electrons. The van der Waals surface area contributed by atoms with Crippen LogP contribution in [0.5, 0.6) is 5.75 Å². The summed E-state index contributed by atoms with van der Waals surface area (Å²) < 4.78 is 19.4. The molecule has 5 nitrogen and oxygen atoms in total. The van der Waals surface area contributed by atoms with E-state index in [0.717, 1.165) is 42.4 Å². The van der Waals surface area contributed by atoms with E-state index in [0.29, 0.717) is 12.2 Å². The minimum Gasteiger partial charge on any atom is -0.484 e. The summed E-state index contributed by atoms with van der Waals surface area (Å²) in [6, 6.07) is 22.6. The van der Waals surface area contributed by atoms with Crippen molar-refractivity contribution in [2.45, 2.75) is 57.7 Å². The number of hydrogen-bond acceptors (Lipinski definition) is 3. The van der Waals surface area contributed by atoms with E-state index in [4.69, 9.17) is 4.74 Å². The maximum atomic E-state index is 13.6. The lowest BCUT2D eigenvalue weighted by atomic mass is 10.0. The summed E-state index contributed by atoms with van der Waals surface area (Å²) in [4.78, 5) is 28.8. The molecule has 188 valence electrons. The maximum absolute atomic E-state index is 13.6. The first-order chi connectivity index (χ1) is 17.5. The first-order valence-corrected chi connectivity index (χ1v) is 12.6. The number of ether oxygens (including phenoxy) is 1. The minimum absolute atomic E-state index is 0.127. The van der Waals surface area contributed by atoms with Crippen molar-refractivity contribution in [1.82, 2.24) is 10.2 Å². The van der Waals surface area contributed by atoms with Crippen molar-refractivity contribution in [3.05, 3.63) is 101 Å². The Hall–Kier alpha value is -3.67. The second-order valence-electron chi connectivity index (χ2n) is 9.45. The van der Waals surface area contributed by atoms with Crippen LogP contribution in [0.2, 0.25) is 0 Å². The van der Waals surface area contributed by atoms with Crippen molar-refractivity contribution in [3.63, 3.8) is 0 Å². The lowest BCUT2D eigenvalue weighted by molar-refractivity contribution is -0.143. The van der Waals surface area contributed by atoms with E-state index in [1.807, 2.05) is 55.5 Å². The van der Waals surface area contributed by atoms with E-state index in [1.165, 1.54) is 12.1 Å². The summed E-state index contributed by atoms with van der Waals surface area (Å²) in [5.74, 6) is -0.223. The van der Waals surface area contributed by atoms with E-state index in [2.05, 4.69) is 5.32 Å². The highest BCUT2D eigenvalue weighted by molar-refractivity contribution is 5.88. The molecule has 0 spiro atoms. The van der Waals surface area contributed by atoms with Gasteiger partial charge in [0, 0.05) is 19.0 Å². The molecular formula is C30H33FN2O3. The van der Waals surface area contributed by atoms with Crippen molar-refractivity contribution in [1.29, 1.82) is 0 Å². The smallest absolute Gasteiger partial charge is 0.261 e. The van der Waals surface area contributed by atoms with Gasteiger partial charge < -0.3 is 15.0 Å². The molecule has 3 aromatic carbocycles. The number of nitrogens with one attached hydrogen (secondary N) is 1. The number of rotatable bonds is 10. The molecule has 1 aliphatic rings. The summed E-state index contributed by atoms with van der Waals surface area (Å²) in [5.41, 5.74) is 2.73. The Morgan fingerprint density at radius 1 is 0.972 bits per heavy atom. The predicted octanol–water partition coefficient (Wildman–Crippen LogP) is 5.21. The van der Waals surface area contributed by atoms with E-state index in [-0.39, 0.29) is 36.8 Å². The lowest BCUT2D eigenvalue weighted by Crippen LogP contribution is -2.53. The monoisotopic (exact) mass is 488 g/mol. The molecule has 4 rings (SSSR count). The zero-order valence-electron chi connectivity index (χ0n) is 20.7. The second-order valence-corrected chi connectivity index (χ2v) is 9.45. The van der Waals surface area contributed by atoms with Gasteiger partial charge in [0.2, 0.25) is 5.91 Å². The van der Waals surface area contributed by atoms with E-state index < -0.39 is 6.04 Å². The summed E-state index contributed by atoms with van der Waals surface area (Å²) in [6.45, 7) is 1.93. The van der Waals surface area contributed by atoms with Crippen LogP contribution in [0.15, 0.2) is 78.9 Å². The van der Waals surface area contributed by atoms with E-state index in [9.17, 15) is 14.0 Å². The Morgan fingerprint density at radius 3 is 2.39 bits per heavy atom. The third-order valence-electron chi connectivity index (χ3n) is 6.59. The van der Waals surface area contributed by atoms with Crippen LogP contribution in [0.25, 0.3) is 0 Å². The largest absolute Gasteiger partial charge is 0.484 e. The Labute approximate surface area is 212 Å². The van der Waals surface area contributed by atoms with Gasteiger partial charge in [-0.2, -0.15) is 0 Å². The van der Waals surface area contributed by atoms with Crippen LogP contribution in [-0.2, 0) is 22.6 Å². The standard InChI is InChI=1S/C30H33FN2O3/c1-22-8-7-13-27(18-22)36-21-29(34)33(20-24-14-16-25(31)17-15-24)28(19-23-9-3-2-4-10-23)30(35)32-26-11-5-6-12-26/h2-4,7-10,13-18,26,28H,5-6,11-12,19-21H2,1H3,(H,32,35). The normalized spacial score (nSPS) is 14.3. The highest BCUT2D eigenvalue weighted by Crippen LogP contribution is 2.20. The Bertz CT molecular complexity index is 1140. The Kier molecular flexibility index (Phi) is 8.71. The molecule has 1 N–H and O–H groups in total. The van der Waals surface area contributed by atoms with Gasteiger partial charge in [-0.3, -0.25) is 9.59 Å². The van der Waals surface area contributed by atoms with Crippen LogP contribution < -0.4 is 10.1 Å². The molecule has 3 aromatic rings. The molecule has 0 saturated heterocycles. The van der Waals surface area contributed by atoms with Crippen LogP contribution in [-0.4, -0.2) is 35.4 Å². The predicted molar refractivity (Wildman–Crippen MR) is 138 cm³/mol. The van der Waals surface area contributed by atoms with Gasteiger partial charge in [-0.25, -0.2) is 4.39 Å². The zero-order chi connectivity index (χ0) is 25.3. The van der Waals surface area contributed by atoms with Gasteiger partial charge in [-0.05, 0) is 60.7 Å². The summed E-state index contributed by atoms with van der Waals surface area (Å²) in [7, 11) is 0. The van der Waals surface area contributed by atoms with Crippen LogP contribution in [0, 0.1) is 12.7 Å². The molecule has 0 aliphatic heterocycles. The van der Waals surface area contributed by atoms with E-state index >= 15 is 0 Å². The molecule has 1 unspecified atom stereocenters. The first-order valence-electron chi connectivity index (χ1n) is 12.6. The molecule has 0 heterocycles. The lowest BCUT2D eigenvalue weighted by Gasteiger charge is -2.32. The number of amides is 2. The van der Waals surface area contributed by atoms with Crippen LogP contribution in [0.3, 0.4) is 0 Å². The van der Waals surface area contributed by atoms with Crippen molar-refractivity contribution in [2.75, 3.05) is 6.61 Å². The average Bonchev–Trinajstić information content (AvgIpc) is 3.39. The van der Waals surface area contributed by atoms with Gasteiger partial charge in [0.05, 0.1) is 0 Å². The fourth-order valence-electron chi connectivity index (χ4n) is 4.64. The Morgan fingerprint density at radius 2 is 1.69 bits per heavy atom. The maximum Gasteiger partial charge on any atom is 0.261 e. The minimum atomic E-state index is -0.730. The topological polar surface area (TPSA) is 58.6 Å². The SMILES string of the molecule is Cc1cccc(OCC(=O)N(Cc2ccc(F)cc2)C(Cc2ccccc2)C(=O)NC2CCCC2)c1. The fourth-order valence-corrected chi connectivity index (χ4v) is 4.64. The first kappa shape index (κ1) is 25.4. The highest BCUT2D eigenvalue weighted by atomic mass is 19.1. The number of benzene rings is 3. The van der Waals surface area contributed by atoms with Gasteiger partial charge in [0.25, 0.3) is 5.91 Å². The number of carbonyl (C=O) groups is 2. The molecule has 1 saturated carbocycles.